The highest BCUT2D eigenvalue weighted by molar-refractivity contribution is 7.07. The molecule has 10 heteroatoms. The summed E-state index contributed by atoms with van der Waals surface area (Å²) in [4.78, 5) is 44.2. The van der Waals surface area contributed by atoms with Gasteiger partial charge in [-0.2, -0.15) is 0 Å². The Labute approximate surface area is 239 Å². The Morgan fingerprint density at radius 2 is 1.78 bits per heavy atom. The molecule has 0 fully saturated rings. The van der Waals surface area contributed by atoms with Crippen molar-refractivity contribution in [2.45, 2.75) is 26.8 Å². The van der Waals surface area contributed by atoms with Crippen molar-refractivity contribution in [3.05, 3.63) is 109 Å². The maximum Gasteiger partial charge on any atom is 0.338 e. The number of para-hydroxylation sites is 1. The number of methoxy groups -OCH3 is 1. The minimum atomic E-state index is -0.790. The summed E-state index contributed by atoms with van der Waals surface area (Å²) in [5, 5.41) is 0. The first kappa shape index (κ1) is 27.9. The molecule has 2 aromatic heterocycles. The Balaban J connectivity index is 1.60. The molecule has 0 spiro atoms. The number of carbonyl (C=O) groups is 2. The van der Waals surface area contributed by atoms with Gasteiger partial charge in [-0.1, -0.05) is 41.7 Å². The molecule has 41 heavy (non-hydrogen) atoms. The van der Waals surface area contributed by atoms with Gasteiger partial charge in [-0.3, -0.25) is 9.36 Å². The molecule has 0 saturated heterocycles. The number of hydrogen-bond donors (Lipinski definition) is 0. The zero-order valence-electron chi connectivity index (χ0n) is 23.0. The molecule has 0 bridgehead atoms. The van der Waals surface area contributed by atoms with Gasteiger partial charge in [0, 0.05) is 17.2 Å². The molecule has 3 heterocycles. The van der Waals surface area contributed by atoms with Crippen molar-refractivity contribution in [3.8, 4) is 17.1 Å². The number of ether oxygens (including phenoxy) is 3. The fourth-order valence-electron chi connectivity index (χ4n) is 4.71. The Hall–Kier alpha value is -4.70. The summed E-state index contributed by atoms with van der Waals surface area (Å²) in [6.45, 7) is 5.68. The first-order chi connectivity index (χ1) is 19.9. The molecule has 1 aliphatic heterocycles. The molecular formula is C31H28N2O7S. The molecular weight excluding hydrogens is 544 g/mol. The molecule has 0 amide bonds. The standard InChI is InChI=1S/C31H28N2O7S/c1-5-38-29(35)20-11-9-10-19(16-20)23-15-14-21(40-23)17-25-28(34)33-27(22-12-7-8-13-24(22)37-4)26(30(36)39-6-2)18(3)32-31(33)41-25/h7-17,27H,5-6H2,1-4H3/b25-17-. The van der Waals surface area contributed by atoms with Gasteiger partial charge in [-0.25, -0.2) is 14.6 Å². The van der Waals surface area contributed by atoms with Crippen LogP contribution in [0.4, 0.5) is 0 Å². The van der Waals surface area contributed by atoms with Gasteiger partial charge >= 0.3 is 11.9 Å². The normalized spacial score (nSPS) is 14.8. The van der Waals surface area contributed by atoms with Gasteiger partial charge in [0.15, 0.2) is 4.80 Å². The number of aromatic nitrogens is 1. The van der Waals surface area contributed by atoms with Gasteiger partial charge in [-0.05, 0) is 51.1 Å². The van der Waals surface area contributed by atoms with E-state index in [-0.39, 0.29) is 24.3 Å². The van der Waals surface area contributed by atoms with E-state index in [4.69, 9.17) is 18.6 Å². The van der Waals surface area contributed by atoms with Gasteiger partial charge in [-0.15, -0.1) is 0 Å². The average molecular weight is 573 g/mol. The minimum absolute atomic E-state index is 0.183. The van der Waals surface area contributed by atoms with Crippen molar-refractivity contribution >= 4 is 29.4 Å². The summed E-state index contributed by atoms with van der Waals surface area (Å²) in [6.07, 6.45) is 1.64. The summed E-state index contributed by atoms with van der Waals surface area (Å²) >= 11 is 1.20. The molecule has 4 aromatic rings. The quantitative estimate of drug-likeness (QED) is 0.291. The molecule has 1 atom stereocenters. The fourth-order valence-corrected chi connectivity index (χ4v) is 5.73. The van der Waals surface area contributed by atoms with Crippen LogP contribution in [0.25, 0.3) is 17.4 Å². The zero-order valence-corrected chi connectivity index (χ0v) is 23.8. The molecule has 0 N–H and O–H groups in total. The number of rotatable bonds is 8. The van der Waals surface area contributed by atoms with Crippen molar-refractivity contribution in [2.24, 2.45) is 4.99 Å². The Bertz CT molecular complexity index is 1840. The highest BCUT2D eigenvalue weighted by Gasteiger charge is 2.35. The van der Waals surface area contributed by atoms with Crippen LogP contribution in [0.2, 0.25) is 0 Å². The second-order valence-corrected chi connectivity index (χ2v) is 10.1. The van der Waals surface area contributed by atoms with Crippen LogP contribution in [-0.4, -0.2) is 36.8 Å². The number of esters is 2. The summed E-state index contributed by atoms with van der Waals surface area (Å²) in [5.74, 6) is 0.553. The Kier molecular flexibility index (Phi) is 8.02. The van der Waals surface area contributed by atoms with Crippen LogP contribution in [-0.2, 0) is 14.3 Å². The van der Waals surface area contributed by atoms with Crippen molar-refractivity contribution < 1.29 is 28.2 Å². The number of thiazole rings is 1. The van der Waals surface area contributed by atoms with Gasteiger partial charge in [0.2, 0.25) is 0 Å². The van der Waals surface area contributed by atoms with E-state index < -0.39 is 18.0 Å². The van der Waals surface area contributed by atoms with Crippen LogP contribution in [0.5, 0.6) is 5.75 Å². The van der Waals surface area contributed by atoms with E-state index in [1.54, 1.807) is 70.4 Å². The summed E-state index contributed by atoms with van der Waals surface area (Å²) in [5.41, 5.74) is 2.16. The highest BCUT2D eigenvalue weighted by atomic mass is 32.1. The lowest BCUT2D eigenvalue weighted by atomic mass is 9.95. The van der Waals surface area contributed by atoms with Crippen molar-refractivity contribution in [3.63, 3.8) is 0 Å². The Morgan fingerprint density at radius 3 is 2.54 bits per heavy atom. The molecule has 0 aliphatic carbocycles. The third-order valence-electron chi connectivity index (χ3n) is 6.51. The van der Waals surface area contributed by atoms with Crippen LogP contribution < -0.4 is 19.6 Å². The predicted octanol–water partition coefficient (Wildman–Crippen LogP) is 4.24. The van der Waals surface area contributed by atoms with E-state index in [2.05, 4.69) is 4.99 Å². The zero-order chi connectivity index (χ0) is 29.1. The van der Waals surface area contributed by atoms with E-state index >= 15 is 0 Å². The van der Waals surface area contributed by atoms with E-state index in [0.717, 1.165) is 0 Å². The number of carbonyl (C=O) groups excluding carboxylic acids is 2. The number of furan rings is 1. The molecule has 5 rings (SSSR count). The van der Waals surface area contributed by atoms with Gasteiger partial charge < -0.3 is 18.6 Å². The first-order valence-electron chi connectivity index (χ1n) is 13.1. The van der Waals surface area contributed by atoms with E-state index in [1.165, 1.54) is 15.9 Å². The van der Waals surface area contributed by atoms with Crippen molar-refractivity contribution in [1.82, 2.24) is 4.57 Å². The molecule has 9 nitrogen and oxygen atoms in total. The van der Waals surface area contributed by atoms with E-state index in [0.29, 0.717) is 49.0 Å². The monoisotopic (exact) mass is 572 g/mol. The maximum atomic E-state index is 13.9. The van der Waals surface area contributed by atoms with Crippen LogP contribution in [0, 0.1) is 0 Å². The molecule has 210 valence electrons. The molecule has 0 radical (unpaired) electrons. The van der Waals surface area contributed by atoms with E-state index in [9.17, 15) is 14.4 Å². The molecule has 2 aromatic carbocycles. The summed E-state index contributed by atoms with van der Waals surface area (Å²) < 4.78 is 23.9. The average Bonchev–Trinajstić information content (AvgIpc) is 3.56. The summed E-state index contributed by atoms with van der Waals surface area (Å²) in [7, 11) is 1.54. The lowest BCUT2D eigenvalue weighted by Gasteiger charge is -2.25. The van der Waals surface area contributed by atoms with Crippen LogP contribution in [0.15, 0.2) is 86.1 Å². The Morgan fingerprint density at radius 1 is 1.02 bits per heavy atom. The molecule has 1 unspecified atom stereocenters. The second kappa shape index (κ2) is 11.8. The smallest absolute Gasteiger partial charge is 0.338 e. The largest absolute Gasteiger partial charge is 0.496 e. The SMILES string of the molecule is CCOC(=O)C1=C(C)N=c2s/c(=C\c3ccc(-c4cccc(C(=O)OCC)c4)o3)c(=O)n2C1c1ccccc1OC. The van der Waals surface area contributed by atoms with E-state index in [1.807, 2.05) is 24.3 Å². The van der Waals surface area contributed by atoms with Gasteiger partial charge in [0.1, 0.15) is 23.3 Å². The molecule has 0 saturated carbocycles. The lowest BCUT2D eigenvalue weighted by Crippen LogP contribution is -2.40. The predicted molar refractivity (Wildman–Crippen MR) is 153 cm³/mol. The maximum absolute atomic E-state index is 13.9. The van der Waals surface area contributed by atoms with Crippen LogP contribution >= 0.6 is 11.3 Å². The number of allylic oxidation sites excluding steroid dienone is 1. The number of benzene rings is 2. The highest BCUT2D eigenvalue weighted by Crippen LogP contribution is 2.35. The minimum Gasteiger partial charge on any atom is -0.496 e. The second-order valence-electron chi connectivity index (χ2n) is 9.05. The van der Waals surface area contributed by atoms with Crippen LogP contribution in [0.3, 0.4) is 0 Å². The lowest BCUT2D eigenvalue weighted by molar-refractivity contribution is -0.139. The topological polar surface area (TPSA) is 109 Å². The fraction of sp³-hybridized carbons (Fsp3) is 0.226. The number of fused-ring (bicyclic) bond motifs is 1. The first-order valence-corrected chi connectivity index (χ1v) is 13.9. The third kappa shape index (κ3) is 5.38. The summed E-state index contributed by atoms with van der Waals surface area (Å²) in [6, 6.07) is 16.9. The third-order valence-corrected chi connectivity index (χ3v) is 7.49. The number of hydrogen-bond acceptors (Lipinski definition) is 9. The number of nitrogens with zero attached hydrogens (tertiary/aromatic N) is 2. The van der Waals surface area contributed by atoms with Crippen molar-refractivity contribution in [2.75, 3.05) is 20.3 Å². The van der Waals surface area contributed by atoms with Gasteiger partial charge in [0.25, 0.3) is 5.56 Å². The van der Waals surface area contributed by atoms with Gasteiger partial charge in [0.05, 0.1) is 41.7 Å². The van der Waals surface area contributed by atoms with Crippen molar-refractivity contribution in [1.29, 1.82) is 0 Å². The molecule has 1 aliphatic rings. The van der Waals surface area contributed by atoms with Crippen LogP contribution in [0.1, 0.15) is 48.5 Å².